The van der Waals surface area contributed by atoms with Crippen molar-refractivity contribution in [1.29, 1.82) is 0 Å². The molecule has 1 aromatic rings. The van der Waals surface area contributed by atoms with Crippen LogP contribution in [0.4, 0.5) is 5.82 Å². The summed E-state index contributed by atoms with van der Waals surface area (Å²) < 4.78 is 0. The number of carboxylic acids is 1. The van der Waals surface area contributed by atoms with Gasteiger partial charge in [-0.1, -0.05) is 34.1 Å². The zero-order valence-corrected chi connectivity index (χ0v) is 13.4. The fourth-order valence-corrected chi connectivity index (χ4v) is 3.26. The molecular formula is C16H25N3O2. The molecule has 1 heterocycles. The number of hydrogen-bond donors (Lipinski definition) is 2. The molecule has 0 bridgehead atoms. The van der Waals surface area contributed by atoms with Crippen molar-refractivity contribution in [3.63, 3.8) is 0 Å². The van der Waals surface area contributed by atoms with E-state index in [2.05, 4.69) is 29.4 Å². The van der Waals surface area contributed by atoms with E-state index in [1.165, 1.54) is 0 Å². The number of nitrogens with zero attached hydrogens (tertiary/aromatic N) is 2. The number of rotatable bonds is 5. The minimum Gasteiger partial charge on any atom is -0.478 e. The van der Waals surface area contributed by atoms with Gasteiger partial charge in [-0.2, -0.15) is 5.10 Å². The summed E-state index contributed by atoms with van der Waals surface area (Å²) in [5.74, 6) is -0.494. The van der Waals surface area contributed by atoms with Gasteiger partial charge in [0.25, 0.3) is 0 Å². The van der Waals surface area contributed by atoms with E-state index in [9.17, 15) is 9.90 Å². The van der Waals surface area contributed by atoms with Gasteiger partial charge in [0.05, 0.1) is 5.69 Å². The van der Waals surface area contributed by atoms with E-state index in [0.717, 1.165) is 30.5 Å². The third-order valence-corrected chi connectivity index (χ3v) is 4.63. The minimum atomic E-state index is -0.922. The molecule has 5 nitrogen and oxygen atoms in total. The Morgan fingerprint density at radius 1 is 1.33 bits per heavy atom. The van der Waals surface area contributed by atoms with Gasteiger partial charge in [0.2, 0.25) is 0 Å². The number of aromatic nitrogens is 2. The minimum absolute atomic E-state index is 0.160. The van der Waals surface area contributed by atoms with Gasteiger partial charge in [0, 0.05) is 6.04 Å². The van der Waals surface area contributed by atoms with Crippen molar-refractivity contribution in [2.45, 2.75) is 65.8 Å². The molecule has 21 heavy (non-hydrogen) atoms. The Morgan fingerprint density at radius 2 is 2.05 bits per heavy atom. The summed E-state index contributed by atoms with van der Waals surface area (Å²) in [6, 6.07) is 0.252. The summed E-state index contributed by atoms with van der Waals surface area (Å²) in [5, 5.41) is 21.3. The molecule has 2 rings (SSSR count). The molecule has 0 aliphatic heterocycles. The van der Waals surface area contributed by atoms with Crippen LogP contribution in [-0.2, 0) is 12.8 Å². The van der Waals surface area contributed by atoms with Crippen LogP contribution < -0.4 is 5.32 Å². The average molecular weight is 291 g/mol. The molecule has 116 valence electrons. The topological polar surface area (TPSA) is 75.1 Å². The van der Waals surface area contributed by atoms with Gasteiger partial charge in [-0.25, -0.2) is 4.79 Å². The SMILES string of the molecule is CCc1nnc(NC2CCCC2(C)C)c(C(=O)O)c1CC. The maximum absolute atomic E-state index is 11.7. The smallest absolute Gasteiger partial charge is 0.339 e. The Morgan fingerprint density at radius 3 is 2.52 bits per heavy atom. The normalized spacial score (nSPS) is 20.5. The number of hydrogen-bond acceptors (Lipinski definition) is 4. The first-order valence-electron chi connectivity index (χ1n) is 7.79. The van der Waals surface area contributed by atoms with Crippen LogP contribution in [0.2, 0.25) is 0 Å². The summed E-state index contributed by atoms with van der Waals surface area (Å²) in [5.41, 5.74) is 2.05. The molecule has 1 aromatic heterocycles. The van der Waals surface area contributed by atoms with E-state index >= 15 is 0 Å². The highest BCUT2D eigenvalue weighted by atomic mass is 16.4. The van der Waals surface area contributed by atoms with Crippen LogP contribution in [0.25, 0.3) is 0 Å². The van der Waals surface area contributed by atoms with Crippen molar-refractivity contribution >= 4 is 11.8 Å². The van der Waals surface area contributed by atoms with Gasteiger partial charge in [-0.05, 0) is 36.7 Å². The summed E-state index contributed by atoms with van der Waals surface area (Å²) >= 11 is 0. The molecule has 0 amide bonds. The van der Waals surface area contributed by atoms with E-state index < -0.39 is 5.97 Å². The number of aromatic carboxylic acids is 1. The zero-order valence-electron chi connectivity index (χ0n) is 13.4. The quantitative estimate of drug-likeness (QED) is 0.870. The summed E-state index contributed by atoms with van der Waals surface area (Å²) in [6.45, 7) is 8.37. The molecular weight excluding hydrogens is 266 g/mol. The molecule has 2 N–H and O–H groups in total. The van der Waals surface area contributed by atoms with Gasteiger partial charge < -0.3 is 10.4 Å². The molecule has 1 aliphatic rings. The number of anilines is 1. The van der Waals surface area contributed by atoms with Crippen molar-refractivity contribution in [1.82, 2.24) is 10.2 Å². The maximum atomic E-state index is 11.7. The Hall–Kier alpha value is -1.65. The second-order valence-corrected chi connectivity index (χ2v) is 6.44. The summed E-state index contributed by atoms with van der Waals surface area (Å²) in [6.07, 6.45) is 4.71. The van der Waals surface area contributed by atoms with Gasteiger partial charge in [0.1, 0.15) is 5.56 Å². The number of nitrogens with one attached hydrogen (secondary N) is 1. The third kappa shape index (κ3) is 3.01. The lowest BCUT2D eigenvalue weighted by Crippen LogP contribution is -2.32. The number of carbonyl (C=O) groups is 1. The van der Waals surface area contributed by atoms with Crippen molar-refractivity contribution in [2.24, 2.45) is 5.41 Å². The monoisotopic (exact) mass is 291 g/mol. The van der Waals surface area contributed by atoms with Crippen LogP contribution in [0.15, 0.2) is 0 Å². The predicted octanol–water partition coefficient (Wildman–Crippen LogP) is 3.29. The Labute approximate surface area is 126 Å². The zero-order chi connectivity index (χ0) is 15.6. The van der Waals surface area contributed by atoms with E-state index in [0.29, 0.717) is 24.2 Å². The maximum Gasteiger partial charge on any atom is 0.339 e. The van der Waals surface area contributed by atoms with Gasteiger partial charge in [-0.3, -0.25) is 0 Å². The van der Waals surface area contributed by atoms with Gasteiger partial charge in [-0.15, -0.1) is 5.10 Å². The molecule has 0 saturated heterocycles. The highest BCUT2D eigenvalue weighted by Crippen LogP contribution is 2.39. The summed E-state index contributed by atoms with van der Waals surface area (Å²) in [7, 11) is 0. The van der Waals surface area contributed by atoms with Crippen molar-refractivity contribution in [3.05, 3.63) is 16.8 Å². The predicted molar refractivity (Wildman–Crippen MR) is 82.8 cm³/mol. The average Bonchev–Trinajstić information content (AvgIpc) is 2.76. The molecule has 5 heteroatoms. The molecule has 0 aromatic carbocycles. The van der Waals surface area contributed by atoms with Crippen molar-refractivity contribution in [2.75, 3.05) is 5.32 Å². The van der Waals surface area contributed by atoms with Crippen LogP contribution in [0.3, 0.4) is 0 Å². The Bertz CT molecular complexity index is 541. The standard InChI is InChI=1S/C16H25N3O2/c1-5-10-11(6-2)18-19-14(13(10)15(20)21)17-12-8-7-9-16(12,3)4/h12H,5-9H2,1-4H3,(H,17,19)(H,20,21). The molecule has 1 unspecified atom stereocenters. The molecule has 1 fully saturated rings. The van der Waals surface area contributed by atoms with Crippen LogP contribution in [-0.4, -0.2) is 27.3 Å². The van der Waals surface area contributed by atoms with E-state index in [1.54, 1.807) is 0 Å². The van der Waals surface area contributed by atoms with Crippen LogP contribution >= 0.6 is 0 Å². The summed E-state index contributed by atoms with van der Waals surface area (Å²) in [4.78, 5) is 11.7. The first kappa shape index (κ1) is 15.7. The van der Waals surface area contributed by atoms with Crippen molar-refractivity contribution < 1.29 is 9.90 Å². The lowest BCUT2D eigenvalue weighted by Gasteiger charge is -2.29. The first-order chi connectivity index (χ1) is 9.90. The van der Waals surface area contributed by atoms with Crippen LogP contribution in [0.1, 0.15) is 68.6 Å². The van der Waals surface area contributed by atoms with Gasteiger partial charge >= 0.3 is 5.97 Å². The van der Waals surface area contributed by atoms with E-state index in [-0.39, 0.29) is 11.5 Å². The fraction of sp³-hybridized carbons (Fsp3) is 0.688. The molecule has 1 saturated carbocycles. The lowest BCUT2D eigenvalue weighted by atomic mass is 9.87. The Kier molecular flexibility index (Phi) is 4.49. The van der Waals surface area contributed by atoms with E-state index in [1.807, 2.05) is 13.8 Å². The fourth-order valence-electron chi connectivity index (χ4n) is 3.26. The molecule has 0 spiro atoms. The van der Waals surface area contributed by atoms with Crippen LogP contribution in [0.5, 0.6) is 0 Å². The second-order valence-electron chi connectivity index (χ2n) is 6.44. The molecule has 1 atom stereocenters. The van der Waals surface area contributed by atoms with Crippen LogP contribution in [0, 0.1) is 5.41 Å². The molecule has 1 aliphatic carbocycles. The first-order valence-corrected chi connectivity index (χ1v) is 7.79. The third-order valence-electron chi connectivity index (χ3n) is 4.63. The van der Waals surface area contributed by atoms with Gasteiger partial charge in [0.15, 0.2) is 5.82 Å². The Balaban J connectivity index is 2.42. The highest BCUT2D eigenvalue weighted by molar-refractivity contribution is 5.95. The van der Waals surface area contributed by atoms with E-state index in [4.69, 9.17) is 0 Å². The number of carboxylic acid groups (broad SMARTS) is 1. The second kappa shape index (κ2) is 6.00. The van der Waals surface area contributed by atoms with Crippen molar-refractivity contribution in [3.8, 4) is 0 Å². The number of aryl methyl sites for hydroxylation is 1. The largest absolute Gasteiger partial charge is 0.478 e. The highest BCUT2D eigenvalue weighted by Gasteiger charge is 2.35. The molecule has 0 radical (unpaired) electrons. The lowest BCUT2D eigenvalue weighted by molar-refractivity contribution is 0.0696.